The Morgan fingerprint density at radius 2 is 1.25 bits per heavy atom. The van der Waals surface area contributed by atoms with E-state index in [9.17, 15) is 48.6 Å². The van der Waals surface area contributed by atoms with Gasteiger partial charge in [0.2, 0.25) is 0 Å². The largest absolute Gasteiger partial charge is 0.481 e. The van der Waals surface area contributed by atoms with E-state index >= 15 is 0 Å². The highest BCUT2D eigenvalue weighted by atomic mass is 31.3. The first-order chi connectivity index (χ1) is 36.1. The molecule has 1 aromatic rings. The lowest BCUT2D eigenvalue weighted by Gasteiger charge is -2.21. The number of phosphoric acid groups is 2. The van der Waals surface area contributed by atoms with E-state index in [0.29, 0.717) is 38.5 Å². The van der Waals surface area contributed by atoms with E-state index in [1.54, 1.807) is 12.2 Å². The van der Waals surface area contributed by atoms with Gasteiger partial charge in [-0.05, 0) is 89.5 Å². The highest BCUT2D eigenvalue weighted by Crippen LogP contribution is 2.60. The van der Waals surface area contributed by atoms with Gasteiger partial charge in [0.25, 0.3) is 0 Å². The standard InChI is InChI=1S/C54H83N3O16P2/c1-3-5-7-9-11-12-13-14-15-16-17-18-19-20-21-22-26-30-34-38-49(59)68-42-46(71-50(60)39-35-31-27-24-23-25-29-33-37-45(58)36-32-28-10-8-6-4-2)43-69-74(64,65)73-75(66,67)70-44-47-51(61)52(62)53(72-47)57-41-40-48(55)56-54(57)63/h11-12,14-15,17-18,20-21,24-30,32-33,37,40-41,45-47,51-53,58,61-62H,3-10,13,16,19,22-23,31,34-36,38-39,42-44H2,1-2H3,(H,64,65)(H,66,67)(H2,55,56,63)/b12-11-,15-14-,18-17-,21-20-,27-24-,29-25-,30-26-,32-28-,37-33+/t45-,46+,47+,51+,52+,53+/m0/s1. The van der Waals surface area contributed by atoms with Crippen molar-refractivity contribution >= 4 is 33.4 Å². The van der Waals surface area contributed by atoms with Gasteiger partial charge in [-0.2, -0.15) is 9.29 Å². The molecule has 0 radical (unpaired) electrons. The lowest BCUT2D eigenvalue weighted by atomic mass is 10.1. The number of carbonyl (C=O) groups excluding carboxylic acids is 2. The monoisotopic (exact) mass is 1090 g/mol. The van der Waals surface area contributed by atoms with E-state index in [-0.39, 0.29) is 18.7 Å². The number of hydrogen-bond acceptors (Lipinski definition) is 16. The summed E-state index contributed by atoms with van der Waals surface area (Å²) in [6.45, 7) is 1.88. The summed E-state index contributed by atoms with van der Waals surface area (Å²) in [6, 6.07) is 1.23. The first-order valence-corrected chi connectivity index (χ1v) is 29.0. The molecule has 0 saturated carbocycles. The van der Waals surface area contributed by atoms with Gasteiger partial charge in [-0.15, -0.1) is 0 Å². The number of phosphoric ester groups is 2. The Morgan fingerprint density at radius 3 is 1.85 bits per heavy atom. The molecule has 7 N–H and O–H groups in total. The second kappa shape index (κ2) is 40.6. The molecule has 1 aliphatic heterocycles. The molecule has 2 heterocycles. The summed E-state index contributed by atoms with van der Waals surface area (Å²) in [5.41, 5.74) is 4.57. The maximum atomic E-state index is 12.9. The fraction of sp³-hybridized carbons (Fsp3) is 0.556. The lowest BCUT2D eigenvalue weighted by molar-refractivity contribution is -0.161. The molecule has 21 heteroatoms. The Kier molecular flexibility index (Phi) is 36.0. The number of nitrogens with two attached hydrogens (primary N) is 1. The number of nitrogens with zero attached hydrogens (tertiary/aromatic N) is 2. The van der Waals surface area contributed by atoms with Crippen LogP contribution in [0.5, 0.6) is 0 Å². The van der Waals surface area contributed by atoms with Crippen LogP contribution in [0.3, 0.4) is 0 Å². The van der Waals surface area contributed by atoms with Gasteiger partial charge in [-0.1, -0.05) is 149 Å². The van der Waals surface area contributed by atoms with E-state index in [4.69, 9.17) is 29.0 Å². The van der Waals surface area contributed by atoms with Crippen molar-refractivity contribution in [3.63, 3.8) is 0 Å². The van der Waals surface area contributed by atoms with Crippen molar-refractivity contribution in [1.29, 1.82) is 0 Å². The number of nitrogen functional groups attached to an aromatic ring is 1. The van der Waals surface area contributed by atoms with Crippen molar-refractivity contribution in [1.82, 2.24) is 9.55 Å². The molecule has 1 aliphatic rings. The van der Waals surface area contributed by atoms with Gasteiger partial charge in [0.05, 0.1) is 19.3 Å². The van der Waals surface area contributed by atoms with Gasteiger partial charge in [0.1, 0.15) is 30.7 Å². The second-order valence-corrected chi connectivity index (χ2v) is 20.6. The van der Waals surface area contributed by atoms with E-state index in [1.165, 1.54) is 38.2 Å². The normalized spacial score (nSPS) is 20.1. The maximum absolute atomic E-state index is 12.9. The summed E-state index contributed by atoms with van der Waals surface area (Å²) >= 11 is 0. The topological polar surface area (TPSA) is 286 Å². The number of rotatable bonds is 41. The second-order valence-electron chi connectivity index (χ2n) is 17.5. The maximum Gasteiger partial charge on any atom is 0.481 e. The van der Waals surface area contributed by atoms with Crippen molar-refractivity contribution in [2.75, 3.05) is 25.6 Å². The number of unbranched alkanes of at least 4 members (excludes halogenated alkanes) is 7. The Morgan fingerprint density at radius 1 is 0.707 bits per heavy atom. The molecule has 1 aromatic heterocycles. The summed E-state index contributed by atoms with van der Waals surface area (Å²) in [7, 11) is -10.9. The Bertz CT molecular complexity index is 2200. The average molecular weight is 1090 g/mol. The molecule has 1 fully saturated rings. The number of aliphatic hydroxyl groups is 3. The van der Waals surface area contributed by atoms with Crippen LogP contribution in [-0.4, -0.2) is 96.9 Å². The van der Waals surface area contributed by atoms with Crippen LogP contribution >= 0.6 is 15.6 Å². The predicted molar refractivity (Wildman–Crippen MR) is 290 cm³/mol. The molecule has 8 atom stereocenters. The van der Waals surface area contributed by atoms with Crippen molar-refractivity contribution in [3.8, 4) is 0 Å². The number of esters is 2. The SMILES string of the molecule is CCCCC/C=C\C/C=C\C/C=C\C/C=C\C/C=C\CCC(=O)OC[C@H](COP(=O)(O)OP(=O)(O)OC[C@H]1O[C@@H](n2ccc(N)nc2=O)[C@H](O)[C@@H]1O)OC(=O)CCC/C=C\C/C=C\C=C\[C@@H](O)C/C=C\CCCCC. The summed E-state index contributed by atoms with van der Waals surface area (Å²) in [6.07, 6.45) is 43.6. The molecular formula is C54H83N3O16P2. The van der Waals surface area contributed by atoms with Crippen molar-refractivity contribution in [2.24, 2.45) is 0 Å². The number of ether oxygens (including phenoxy) is 3. The van der Waals surface area contributed by atoms with Gasteiger partial charge >= 0.3 is 33.3 Å². The molecule has 2 unspecified atom stereocenters. The Hall–Kier alpha value is -4.62. The lowest BCUT2D eigenvalue weighted by Crippen LogP contribution is -2.36. The van der Waals surface area contributed by atoms with E-state index in [1.807, 2.05) is 48.6 Å². The van der Waals surface area contributed by atoms with E-state index < -0.39 is 89.8 Å². The van der Waals surface area contributed by atoms with Crippen LogP contribution in [0.1, 0.15) is 142 Å². The molecular weight excluding hydrogens is 1010 g/mol. The van der Waals surface area contributed by atoms with Gasteiger partial charge in [0, 0.05) is 19.0 Å². The number of aliphatic hydroxyl groups excluding tert-OH is 3. The van der Waals surface area contributed by atoms with Crippen LogP contribution < -0.4 is 11.4 Å². The molecule has 75 heavy (non-hydrogen) atoms. The fourth-order valence-corrected chi connectivity index (χ4v) is 8.95. The van der Waals surface area contributed by atoms with Crippen LogP contribution in [0.25, 0.3) is 0 Å². The number of carbonyl (C=O) groups is 2. The van der Waals surface area contributed by atoms with Gasteiger partial charge in [0.15, 0.2) is 12.3 Å². The third-order valence-corrected chi connectivity index (χ3v) is 13.5. The smallest absolute Gasteiger partial charge is 0.462 e. The van der Waals surface area contributed by atoms with Gasteiger partial charge < -0.3 is 45.1 Å². The van der Waals surface area contributed by atoms with Crippen molar-refractivity contribution < 1.29 is 71.4 Å². The first-order valence-electron chi connectivity index (χ1n) is 26.0. The zero-order valence-corrected chi connectivity index (χ0v) is 45.4. The van der Waals surface area contributed by atoms with Gasteiger partial charge in [-0.25, -0.2) is 13.9 Å². The number of allylic oxidation sites excluding steroid dienone is 16. The minimum Gasteiger partial charge on any atom is -0.462 e. The van der Waals surface area contributed by atoms with Crippen molar-refractivity contribution in [3.05, 3.63) is 132 Å². The molecule has 2 rings (SSSR count). The van der Waals surface area contributed by atoms with E-state index in [2.05, 4.69) is 71.8 Å². The summed E-state index contributed by atoms with van der Waals surface area (Å²) in [4.78, 5) is 61.9. The average Bonchev–Trinajstić information content (AvgIpc) is 3.64. The minimum absolute atomic E-state index is 0.0271. The third-order valence-electron chi connectivity index (χ3n) is 10.9. The zero-order valence-electron chi connectivity index (χ0n) is 43.7. The third kappa shape index (κ3) is 33.2. The zero-order chi connectivity index (χ0) is 55.0. The molecule has 0 aliphatic carbocycles. The first kappa shape index (κ1) is 66.5. The molecule has 19 nitrogen and oxygen atoms in total. The number of hydrogen-bond donors (Lipinski definition) is 6. The van der Waals surface area contributed by atoms with Crippen LogP contribution in [0.2, 0.25) is 0 Å². The summed E-state index contributed by atoms with van der Waals surface area (Å²) in [5.74, 6) is -1.52. The van der Waals surface area contributed by atoms with Crippen LogP contribution in [0.15, 0.2) is 126 Å². The number of aromatic nitrogens is 2. The molecule has 0 amide bonds. The highest BCUT2D eigenvalue weighted by Gasteiger charge is 2.46. The Labute approximate surface area is 443 Å². The van der Waals surface area contributed by atoms with Crippen LogP contribution in [-0.2, 0) is 46.3 Å². The number of anilines is 1. The fourth-order valence-electron chi connectivity index (χ4n) is 6.84. The Balaban J connectivity index is 1.87. The molecule has 420 valence electrons. The molecule has 1 saturated heterocycles. The summed E-state index contributed by atoms with van der Waals surface area (Å²) in [5, 5.41) is 31.0. The molecule has 0 aromatic carbocycles. The predicted octanol–water partition coefficient (Wildman–Crippen LogP) is 9.97. The minimum atomic E-state index is -5.47. The quantitative estimate of drug-likeness (QED) is 0.0117. The highest BCUT2D eigenvalue weighted by molar-refractivity contribution is 7.61. The molecule has 0 bridgehead atoms. The van der Waals surface area contributed by atoms with Crippen LogP contribution in [0.4, 0.5) is 5.82 Å². The van der Waals surface area contributed by atoms with Crippen LogP contribution in [0, 0.1) is 0 Å². The van der Waals surface area contributed by atoms with E-state index in [0.717, 1.165) is 49.3 Å². The molecule has 0 spiro atoms. The summed E-state index contributed by atoms with van der Waals surface area (Å²) < 4.78 is 56.6. The van der Waals surface area contributed by atoms with Crippen molar-refractivity contribution in [2.45, 2.75) is 173 Å². The van der Waals surface area contributed by atoms with Gasteiger partial charge in [-0.3, -0.25) is 23.2 Å².